The van der Waals surface area contributed by atoms with Crippen LogP contribution < -0.4 is 11.1 Å². The van der Waals surface area contributed by atoms with Crippen LogP contribution in [0.5, 0.6) is 0 Å². The number of benzene rings is 2. The van der Waals surface area contributed by atoms with E-state index in [1.807, 2.05) is 0 Å². The Morgan fingerprint density at radius 2 is 1.44 bits per heavy atom. The molecule has 0 fully saturated rings. The molecule has 3 aromatic rings. The van der Waals surface area contributed by atoms with Gasteiger partial charge in [-0.2, -0.15) is 35.2 Å². The lowest BCUT2D eigenvalue weighted by atomic mass is 10.1. The van der Waals surface area contributed by atoms with E-state index in [2.05, 4.69) is 20.3 Å². The minimum atomic E-state index is -4.51. The van der Waals surface area contributed by atoms with Crippen molar-refractivity contribution < 1.29 is 38.9 Å². The summed E-state index contributed by atoms with van der Waals surface area (Å²) in [7, 11) is -12.7. The second-order valence-corrected chi connectivity index (χ2v) is 15.2. The largest absolute Gasteiger partial charge is 0.398 e. The minimum Gasteiger partial charge on any atom is -0.398 e. The average Bonchev–Trinajstić information content (AvgIpc) is 2.84. The summed E-state index contributed by atoms with van der Waals surface area (Å²) >= 11 is 2.43. The standard InChI is InChI=1S/C22H27N5O9S5/c23-17-14-16(7-8-18(17)37-9-3-11-39(28,29)30)24-21-25-20(13-15-5-1-2-6-19(15)41(34,35)36)26-22(27-21)38-10-4-12-40(31,32)33/h1-2,5-8,14H,3-4,9-13,23H2,(H,28,29,30)(H,31,32,33)(H,34,35,36)(H,24,25,26,27). The van der Waals surface area contributed by atoms with Crippen LogP contribution in [0, 0.1) is 0 Å². The molecule has 0 aliphatic heterocycles. The summed E-state index contributed by atoms with van der Waals surface area (Å²) in [5.41, 5.74) is 7.28. The van der Waals surface area contributed by atoms with E-state index < -0.39 is 36.1 Å². The Morgan fingerprint density at radius 1 is 0.805 bits per heavy atom. The maximum atomic E-state index is 11.8. The van der Waals surface area contributed by atoms with Crippen LogP contribution >= 0.6 is 23.5 Å². The van der Waals surface area contributed by atoms with Crippen molar-refractivity contribution in [3.05, 3.63) is 53.9 Å². The second kappa shape index (κ2) is 14.1. The Kier molecular flexibility index (Phi) is 11.3. The zero-order chi connectivity index (χ0) is 30.3. The van der Waals surface area contributed by atoms with Crippen molar-refractivity contribution in [2.24, 2.45) is 0 Å². The van der Waals surface area contributed by atoms with Gasteiger partial charge in [0.25, 0.3) is 30.4 Å². The first-order valence-electron chi connectivity index (χ1n) is 11.7. The highest BCUT2D eigenvalue weighted by Gasteiger charge is 2.17. The third kappa shape index (κ3) is 11.7. The molecule has 0 aliphatic rings. The molecule has 6 N–H and O–H groups in total. The highest BCUT2D eigenvalue weighted by molar-refractivity contribution is 7.99. The van der Waals surface area contributed by atoms with Crippen molar-refractivity contribution >= 4 is 71.2 Å². The van der Waals surface area contributed by atoms with Crippen molar-refractivity contribution in [3.8, 4) is 0 Å². The fraction of sp³-hybridized carbons (Fsp3) is 0.318. The number of nitrogens with two attached hydrogens (primary N) is 1. The van der Waals surface area contributed by atoms with Crippen LogP contribution in [-0.4, -0.2) is 76.9 Å². The predicted octanol–water partition coefficient (Wildman–Crippen LogP) is 2.77. The SMILES string of the molecule is Nc1cc(Nc2nc(Cc3ccccc3S(=O)(=O)O)nc(SCCCS(=O)(=O)O)n2)ccc1SCCCS(=O)(=O)O. The van der Waals surface area contributed by atoms with Gasteiger partial charge < -0.3 is 11.1 Å². The Morgan fingerprint density at radius 3 is 2.05 bits per heavy atom. The van der Waals surface area contributed by atoms with Gasteiger partial charge in [-0.1, -0.05) is 30.0 Å². The van der Waals surface area contributed by atoms with Crippen molar-refractivity contribution in [1.29, 1.82) is 0 Å². The van der Waals surface area contributed by atoms with Gasteiger partial charge in [0.1, 0.15) is 5.82 Å². The molecule has 0 atom stereocenters. The topological polar surface area (TPSA) is 240 Å². The van der Waals surface area contributed by atoms with E-state index in [1.54, 1.807) is 24.3 Å². The molecule has 0 saturated heterocycles. The lowest BCUT2D eigenvalue weighted by molar-refractivity contribution is 0.480. The van der Waals surface area contributed by atoms with Crippen molar-refractivity contribution in [1.82, 2.24) is 15.0 Å². The summed E-state index contributed by atoms with van der Waals surface area (Å²) in [5.74, 6) is 0.118. The lowest BCUT2D eigenvalue weighted by Crippen LogP contribution is -2.09. The van der Waals surface area contributed by atoms with E-state index in [4.69, 9.17) is 14.8 Å². The maximum Gasteiger partial charge on any atom is 0.294 e. The number of nitrogens with zero attached hydrogens (tertiary/aromatic N) is 3. The maximum absolute atomic E-state index is 11.8. The van der Waals surface area contributed by atoms with Crippen LogP contribution in [0.25, 0.3) is 0 Å². The molecule has 19 heteroatoms. The summed E-state index contributed by atoms with van der Waals surface area (Å²) in [6.45, 7) is 0. The molecule has 1 aromatic heterocycles. The van der Waals surface area contributed by atoms with E-state index in [0.717, 1.165) is 11.8 Å². The molecule has 2 aromatic carbocycles. The molecule has 0 bridgehead atoms. The third-order valence-electron chi connectivity index (χ3n) is 5.11. The van der Waals surface area contributed by atoms with Gasteiger partial charge in [-0.15, -0.1) is 11.8 Å². The molecule has 41 heavy (non-hydrogen) atoms. The van der Waals surface area contributed by atoms with Crippen LogP contribution in [0.4, 0.5) is 17.3 Å². The first kappa shape index (κ1) is 33.0. The van der Waals surface area contributed by atoms with Gasteiger partial charge in [-0.3, -0.25) is 13.7 Å². The Balaban J connectivity index is 1.82. The van der Waals surface area contributed by atoms with E-state index in [9.17, 15) is 29.8 Å². The lowest BCUT2D eigenvalue weighted by Gasteiger charge is -2.12. The molecule has 14 nitrogen and oxygen atoms in total. The zero-order valence-corrected chi connectivity index (χ0v) is 25.3. The number of nitrogen functional groups attached to an aromatic ring is 1. The normalized spacial score (nSPS) is 12.4. The molecule has 0 aliphatic carbocycles. The van der Waals surface area contributed by atoms with Gasteiger partial charge in [0.2, 0.25) is 5.95 Å². The third-order valence-corrected chi connectivity index (χ3v) is 9.78. The van der Waals surface area contributed by atoms with Crippen molar-refractivity contribution in [2.75, 3.05) is 34.1 Å². The first-order chi connectivity index (χ1) is 19.1. The summed E-state index contributed by atoms with van der Waals surface area (Å²) in [6, 6.07) is 10.8. The summed E-state index contributed by atoms with van der Waals surface area (Å²) in [6.07, 6.45) is 0.285. The second-order valence-electron chi connectivity index (χ2n) is 8.47. The quantitative estimate of drug-likeness (QED) is 0.0678. The molecule has 1 heterocycles. The highest BCUT2D eigenvalue weighted by Crippen LogP contribution is 2.29. The minimum absolute atomic E-state index is 0.0764. The molecule has 224 valence electrons. The number of nitrogens with one attached hydrogen (secondary N) is 1. The first-order valence-corrected chi connectivity index (χ1v) is 18.3. The van der Waals surface area contributed by atoms with Crippen molar-refractivity contribution in [3.63, 3.8) is 0 Å². The fourth-order valence-corrected chi connectivity index (χ4v) is 7.18. The fourth-order valence-electron chi connectivity index (χ4n) is 3.38. The van der Waals surface area contributed by atoms with Gasteiger partial charge in [-0.25, -0.2) is 4.98 Å². The van der Waals surface area contributed by atoms with E-state index in [-0.39, 0.29) is 58.2 Å². The molecule has 0 radical (unpaired) electrons. The van der Waals surface area contributed by atoms with E-state index >= 15 is 0 Å². The molecular formula is C22H27N5O9S5. The number of hydrogen-bond donors (Lipinski definition) is 5. The van der Waals surface area contributed by atoms with Gasteiger partial charge in [0.05, 0.1) is 16.4 Å². The smallest absolute Gasteiger partial charge is 0.294 e. The monoisotopic (exact) mass is 665 g/mol. The van der Waals surface area contributed by atoms with Gasteiger partial charge in [0.15, 0.2) is 5.16 Å². The number of anilines is 3. The highest BCUT2D eigenvalue weighted by atomic mass is 32.2. The summed E-state index contributed by atoms with van der Waals surface area (Å²) in [4.78, 5) is 13.4. The van der Waals surface area contributed by atoms with Crippen molar-refractivity contribution in [2.45, 2.75) is 34.2 Å². The van der Waals surface area contributed by atoms with Gasteiger partial charge >= 0.3 is 0 Å². The van der Waals surface area contributed by atoms with Gasteiger partial charge in [0, 0.05) is 28.4 Å². The van der Waals surface area contributed by atoms with Crippen LogP contribution in [0.2, 0.25) is 0 Å². The molecule has 0 amide bonds. The molecule has 0 unspecified atom stereocenters. The molecular weight excluding hydrogens is 639 g/mol. The van der Waals surface area contributed by atoms with Crippen LogP contribution in [0.15, 0.2) is 57.4 Å². The molecule has 3 rings (SSSR count). The van der Waals surface area contributed by atoms with Crippen LogP contribution in [0.3, 0.4) is 0 Å². The Hall–Kier alpha value is -2.52. The van der Waals surface area contributed by atoms with Gasteiger partial charge in [-0.05, 0) is 48.4 Å². The Bertz CT molecular complexity index is 1700. The molecule has 0 saturated carbocycles. The predicted molar refractivity (Wildman–Crippen MR) is 157 cm³/mol. The van der Waals surface area contributed by atoms with Crippen LogP contribution in [0.1, 0.15) is 24.2 Å². The van der Waals surface area contributed by atoms with Crippen LogP contribution in [-0.2, 0) is 36.8 Å². The summed E-state index contributed by atoms with van der Waals surface area (Å²) < 4.78 is 94.8. The number of rotatable bonds is 15. The van der Waals surface area contributed by atoms with E-state index in [0.29, 0.717) is 22.0 Å². The number of hydrogen-bond acceptors (Lipinski definition) is 13. The number of thioether (sulfide) groups is 2. The zero-order valence-electron chi connectivity index (χ0n) is 21.2. The Labute approximate surface area is 246 Å². The molecule has 0 spiro atoms. The number of aromatic nitrogens is 3. The summed E-state index contributed by atoms with van der Waals surface area (Å²) in [5, 5.41) is 3.21. The van der Waals surface area contributed by atoms with E-state index in [1.165, 1.54) is 30.0 Å². The average molecular weight is 666 g/mol.